The highest BCUT2D eigenvalue weighted by Crippen LogP contribution is 2.39. The van der Waals surface area contributed by atoms with E-state index in [4.69, 9.17) is 5.11 Å². The monoisotopic (exact) mass is 334 g/mol. The number of nitrogens with one attached hydrogen (secondary N) is 2. The maximum atomic E-state index is 11.7. The van der Waals surface area contributed by atoms with Crippen LogP contribution in [0.4, 0.5) is 0 Å². The van der Waals surface area contributed by atoms with Crippen LogP contribution in [0.15, 0.2) is 0 Å². The van der Waals surface area contributed by atoms with Gasteiger partial charge >= 0.3 is 5.97 Å². The van der Waals surface area contributed by atoms with E-state index < -0.39 is 24.5 Å². The standard InChI is InChI=1S/C13H22N2O4S2/c1-9(13(19)14-8-12(17)18)15-11(16)5-3-2-4-10-6-7-20-21-10/h9-10H,2-8H2,1H3,(H,14,19)(H,15,16)(H,17,18)/t9-,10+/m0/s1. The molecule has 0 spiro atoms. The highest BCUT2D eigenvalue weighted by Gasteiger charge is 2.17. The number of carbonyl (C=O) groups is 3. The van der Waals surface area contributed by atoms with Crippen LogP contribution >= 0.6 is 21.6 Å². The van der Waals surface area contributed by atoms with Crippen molar-refractivity contribution in [3.05, 3.63) is 0 Å². The lowest BCUT2D eigenvalue weighted by Crippen LogP contribution is -2.46. The summed E-state index contributed by atoms with van der Waals surface area (Å²) in [6.07, 6.45) is 4.63. The maximum absolute atomic E-state index is 11.7. The fraction of sp³-hybridized carbons (Fsp3) is 0.769. The van der Waals surface area contributed by atoms with Gasteiger partial charge in [0.05, 0.1) is 0 Å². The Kier molecular flexibility index (Phi) is 8.60. The second kappa shape index (κ2) is 9.94. The third-order valence-electron chi connectivity index (χ3n) is 3.09. The van der Waals surface area contributed by atoms with Crippen molar-refractivity contribution in [3.8, 4) is 0 Å². The molecule has 1 saturated heterocycles. The lowest BCUT2D eigenvalue weighted by Gasteiger charge is -2.13. The van der Waals surface area contributed by atoms with Gasteiger partial charge in [-0.15, -0.1) is 0 Å². The van der Waals surface area contributed by atoms with E-state index in [-0.39, 0.29) is 5.91 Å². The van der Waals surface area contributed by atoms with Gasteiger partial charge in [0.15, 0.2) is 0 Å². The van der Waals surface area contributed by atoms with Crippen LogP contribution in [-0.4, -0.2) is 46.5 Å². The topological polar surface area (TPSA) is 95.5 Å². The zero-order chi connectivity index (χ0) is 15.7. The molecule has 0 aromatic rings. The Morgan fingerprint density at radius 2 is 2.10 bits per heavy atom. The molecule has 1 heterocycles. The molecule has 0 aromatic carbocycles. The molecule has 3 N–H and O–H groups in total. The Labute approximate surface area is 132 Å². The summed E-state index contributed by atoms with van der Waals surface area (Å²) in [6, 6.07) is -0.710. The summed E-state index contributed by atoms with van der Waals surface area (Å²) in [5, 5.41) is 14.0. The molecule has 1 rings (SSSR count). The summed E-state index contributed by atoms with van der Waals surface area (Å²) in [5.74, 6) is -0.532. The molecule has 1 fully saturated rings. The van der Waals surface area contributed by atoms with Gasteiger partial charge in [0, 0.05) is 17.4 Å². The smallest absolute Gasteiger partial charge is 0.322 e. The number of rotatable bonds is 9. The van der Waals surface area contributed by atoms with Crippen LogP contribution in [0.5, 0.6) is 0 Å². The summed E-state index contributed by atoms with van der Waals surface area (Å²) in [5.41, 5.74) is 0. The normalized spacial score (nSPS) is 19.0. The summed E-state index contributed by atoms with van der Waals surface area (Å²) in [7, 11) is 3.85. The largest absolute Gasteiger partial charge is 0.480 e. The molecule has 2 atom stereocenters. The summed E-state index contributed by atoms with van der Waals surface area (Å²) < 4.78 is 0. The van der Waals surface area contributed by atoms with Crippen LogP contribution < -0.4 is 10.6 Å². The van der Waals surface area contributed by atoms with Gasteiger partial charge in [0.25, 0.3) is 0 Å². The van der Waals surface area contributed by atoms with Gasteiger partial charge in [-0.3, -0.25) is 14.4 Å². The quantitative estimate of drug-likeness (QED) is 0.436. The second-order valence-corrected chi connectivity index (χ2v) is 7.76. The minimum atomic E-state index is -1.11. The second-order valence-electron chi connectivity index (χ2n) is 4.98. The molecule has 0 aliphatic carbocycles. The first-order chi connectivity index (χ1) is 9.99. The maximum Gasteiger partial charge on any atom is 0.322 e. The molecule has 8 heteroatoms. The Morgan fingerprint density at radius 3 is 2.71 bits per heavy atom. The first-order valence-corrected chi connectivity index (χ1v) is 9.44. The van der Waals surface area contributed by atoms with E-state index >= 15 is 0 Å². The number of amides is 2. The fourth-order valence-corrected chi connectivity index (χ4v) is 4.94. The predicted octanol–water partition coefficient (Wildman–Crippen LogP) is 1.41. The number of aliphatic carboxylic acids is 1. The lowest BCUT2D eigenvalue weighted by atomic mass is 10.1. The average molecular weight is 334 g/mol. The van der Waals surface area contributed by atoms with Crippen LogP contribution in [0.2, 0.25) is 0 Å². The van der Waals surface area contributed by atoms with Crippen LogP contribution in [0.1, 0.15) is 39.0 Å². The molecular weight excluding hydrogens is 312 g/mol. The highest BCUT2D eigenvalue weighted by molar-refractivity contribution is 8.77. The minimum Gasteiger partial charge on any atom is -0.480 e. The van der Waals surface area contributed by atoms with Gasteiger partial charge in [-0.1, -0.05) is 28.0 Å². The molecular formula is C13H22N2O4S2. The van der Waals surface area contributed by atoms with Gasteiger partial charge in [-0.25, -0.2) is 0 Å². The van der Waals surface area contributed by atoms with E-state index in [1.54, 1.807) is 6.92 Å². The van der Waals surface area contributed by atoms with E-state index in [1.807, 2.05) is 21.6 Å². The summed E-state index contributed by atoms with van der Waals surface area (Å²) in [6.45, 7) is 1.11. The van der Waals surface area contributed by atoms with Gasteiger partial charge in [-0.2, -0.15) is 0 Å². The van der Waals surface area contributed by atoms with Crippen LogP contribution in [0.3, 0.4) is 0 Å². The number of carboxylic acids is 1. The van der Waals surface area contributed by atoms with Crippen molar-refractivity contribution in [2.75, 3.05) is 12.3 Å². The van der Waals surface area contributed by atoms with Gasteiger partial charge in [-0.05, 0) is 26.2 Å². The third-order valence-corrected chi connectivity index (χ3v) is 6.10. The van der Waals surface area contributed by atoms with Crippen LogP contribution in [-0.2, 0) is 14.4 Å². The number of hydrogen-bond acceptors (Lipinski definition) is 5. The molecule has 0 bridgehead atoms. The number of hydrogen-bond donors (Lipinski definition) is 3. The van der Waals surface area contributed by atoms with Crippen molar-refractivity contribution in [2.45, 2.75) is 50.3 Å². The minimum absolute atomic E-state index is 0.165. The Hall–Kier alpha value is -0.890. The van der Waals surface area contributed by atoms with Crippen molar-refractivity contribution in [2.24, 2.45) is 0 Å². The fourth-order valence-electron chi connectivity index (χ4n) is 1.92. The molecule has 0 radical (unpaired) electrons. The highest BCUT2D eigenvalue weighted by atomic mass is 33.1. The molecule has 1 aliphatic heterocycles. The van der Waals surface area contributed by atoms with E-state index in [0.29, 0.717) is 6.42 Å². The number of carbonyl (C=O) groups excluding carboxylic acids is 2. The third kappa shape index (κ3) is 8.21. The van der Waals surface area contributed by atoms with Gasteiger partial charge < -0.3 is 15.7 Å². The van der Waals surface area contributed by atoms with Crippen molar-refractivity contribution >= 4 is 39.4 Å². The Balaban J connectivity index is 2.08. The molecule has 21 heavy (non-hydrogen) atoms. The molecule has 0 unspecified atom stereocenters. The van der Waals surface area contributed by atoms with Crippen molar-refractivity contribution in [3.63, 3.8) is 0 Å². The number of unbranched alkanes of at least 4 members (excludes halogenated alkanes) is 1. The van der Waals surface area contributed by atoms with Crippen molar-refractivity contribution in [1.82, 2.24) is 10.6 Å². The molecule has 2 amide bonds. The Bertz CT molecular complexity index is 373. The zero-order valence-electron chi connectivity index (χ0n) is 12.1. The van der Waals surface area contributed by atoms with E-state index in [9.17, 15) is 14.4 Å². The van der Waals surface area contributed by atoms with E-state index in [1.165, 1.54) is 12.2 Å². The zero-order valence-corrected chi connectivity index (χ0v) is 13.7. The van der Waals surface area contributed by atoms with E-state index in [2.05, 4.69) is 10.6 Å². The van der Waals surface area contributed by atoms with Crippen molar-refractivity contribution < 1.29 is 19.5 Å². The SMILES string of the molecule is C[C@H](NC(=O)CCCC[C@@H]1CCSS1)C(=O)NCC(=O)O. The van der Waals surface area contributed by atoms with Crippen molar-refractivity contribution in [1.29, 1.82) is 0 Å². The molecule has 1 aliphatic rings. The average Bonchev–Trinajstić information content (AvgIpc) is 2.94. The number of carboxylic acid groups (broad SMARTS) is 1. The van der Waals surface area contributed by atoms with Gasteiger partial charge in [0.1, 0.15) is 12.6 Å². The molecule has 6 nitrogen and oxygen atoms in total. The molecule has 0 saturated carbocycles. The van der Waals surface area contributed by atoms with Crippen LogP contribution in [0, 0.1) is 0 Å². The lowest BCUT2D eigenvalue weighted by molar-refractivity contribution is -0.138. The Morgan fingerprint density at radius 1 is 1.33 bits per heavy atom. The summed E-state index contributed by atoms with van der Waals surface area (Å²) in [4.78, 5) is 33.5. The molecule has 120 valence electrons. The van der Waals surface area contributed by atoms with Gasteiger partial charge in [0.2, 0.25) is 11.8 Å². The van der Waals surface area contributed by atoms with E-state index in [0.717, 1.165) is 24.5 Å². The predicted molar refractivity (Wildman–Crippen MR) is 85.2 cm³/mol. The first-order valence-electron chi connectivity index (χ1n) is 7.06. The first kappa shape index (κ1) is 18.2. The van der Waals surface area contributed by atoms with Crippen LogP contribution in [0.25, 0.3) is 0 Å². The summed E-state index contributed by atoms with van der Waals surface area (Å²) >= 11 is 0. The molecule has 0 aromatic heterocycles.